The maximum absolute atomic E-state index is 10.6. The van der Waals surface area contributed by atoms with Gasteiger partial charge in [-0.15, -0.1) is 12.8 Å². The predicted octanol–water partition coefficient (Wildman–Crippen LogP) is 7.84. The molecule has 216 valence electrons. The highest BCUT2D eigenvalue weighted by Crippen LogP contribution is 2.50. The summed E-state index contributed by atoms with van der Waals surface area (Å²) in [6, 6.07) is 10.3. The van der Waals surface area contributed by atoms with Crippen molar-refractivity contribution in [2.45, 2.75) is 93.9 Å². The van der Waals surface area contributed by atoms with Gasteiger partial charge >= 0.3 is 0 Å². The van der Waals surface area contributed by atoms with E-state index in [2.05, 4.69) is 83.2 Å². The highest BCUT2D eigenvalue weighted by molar-refractivity contribution is 5.74. The Morgan fingerprint density at radius 1 is 1.16 bits per heavy atom. The van der Waals surface area contributed by atoms with Crippen molar-refractivity contribution in [3.8, 4) is 12.8 Å². The van der Waals surface area contributed by atoms with E-state index >= 15 is 0 Å². The third-order valence-corrected chi connectivity index (χ3v) is 7.30. The Morgan fingerprint density at radius 3 is 2.00 bits per heavy atom. The van der Waals surface area contributed by atoms with Crippen LogP contribution in [-0.2, 0) is 9.53 Å². The van der Waals surface area contributed by atoms with Crippen LogP contribution in [0.25, 0.3) is 0 Å². The quantitative estimate of drug-likeness (QED) is 0.404. The van der Waals surface area contributed by atoms with Crippen molar-refractivity contribution in [1.82, 2.24) is 4.90 Å². The molecule has 1 saturated heterocycles. The summed E-state index contributed by atoms with van der Waals surface area (Å²) in [5, 5.41) is 0. The normalized spacial score (nSPS) is 21.7. The molecule has 2 aliphatic rings. The van der Waals surface area contributed by atoms with Crippen LogP contribution in [0.1, 0.15) is 92.6 Å². The van der Waals surface area contributed by atoms with Crippen molar-refractivity contribution in [1.29, 1.82) is 0 Å². The van der Waals surface area contributed by atoms with E-state index in [1.54, 1.807) is 14.2 Å². The van der Waals surface area contributed by atoms with Crippen molar-refractivity contribution in [2.75, 3.05) is 34.4 Å². The highest BCUT2D eigenvalue weighted by atomic mass is 16.4. The van der Waals surface area contributed by atoms with E-state index < -0.39 is 0 Å². The minimum atomic E-state index is -0.162. The molecule has 0 radical (unpaired) electrons. The van der Waals surface area contributed by atoms with Gasteiger partial charge in [0.05, 0.1) is 0 Å². The Hall–Kier alpha value is -1.83. The van der Waals surface area contributed by atoms with Gasteiger partial charge in [-0.25, -0.2) is 0 Å². The zero-order valence-corrected chi connectivity index (χ0v) is 25.1. The van der Waals surface area contributed by atoms with Crippen molar-refractivity contribution in [2.24, 2.45) is 34.8 Å². The van der Waals surface area contributed by atoms with Gasteiger partial charge in [0.15, 0.2) is 0 Å². The fourth-order valence-corrected chi connectivity index (χ4v) is 5.83. The first-order chi connectivity index (χ1) is 17.0. The van der Waals surface area contributed by atoms with Crippen molar-refractivity contribution >= 4 is 5.91 Å². The molecule has 0 aromatic heterocycles. The number of ether oxygens (including phenoxy) is 1. The molecule has 1 aromatic carbocycles. The molecule has 0 bridgehead atoms. The zero-order chi connectivity index (χ0) is 28.1. The molecule has 0 spiro atoms. The Morgan fingerprint density at radius 2 is 1.68 bits per heavy atom. The van der Waals surface area contributed by atoms with Gasteiger partial charge in [0.25, 0.3) is 0 Å². The van der Waals surface area contributed by atoms with Crippen LogP contribution in [0.2, 0.25) is 0 Å². The number of hydrogen-bond acceptors (Lipinski definition) is 3. The molecule has 2 fully saturated rings. The summed E-state index contributed by atoms with van der Waals surface area (Å²) >= 11 is 0. The zero-order valence-electron chi connectivity index (χ0n) is 25.1. The molecule has 3 unspecified atom stereocenters. The fraction of sp³-hybridized carbons (Fsp3) is 0.727. The summed E-state index contributed by atoms with van der Waals surface area (Å²) < 4.78 is 4.25. The van der Waals surface area contributed by atoms with Crippen LogP contribution in [0.3, 0.4) is 0 Å². The fourth-order valence-electron chi connectivity index (χ4n) is 5.83. The lowest BCUT2D eigenvalue weighted by Gasteiger charge is -2.33. The number of carbonyl (C=O) groups is 1. The number of hydrogen-bond donors (Lipinski definition) is 1. The van der Waals surface area contributed by atoms with Gasteiger partial charge in [0.2, 0.25) is 5.91 Å². The molecule has 1 aliphatic carbocycles. The average molecular weight is 519 g/mol. The van der Waals surface area contributed by atoms with Gasteiger partial charge in [0, 0.05) is 27.2 Å². The number of rotatable bonds is 5. The summed E-state index contributed by atoms with van der Waals surface area (Å²) in [4.78, 5) is 12.8. The van der Waals surface area contributed by atoms with E-state index in [0.717, 1.165) is 37.3 Å². The number of nitrogens with two attached hydrogens (primary N) is 1. The summed E-state index contributed by atoms with van der Waals surface area (Å²) in [6.07, 6.45) is 16.6. The second-order valence-electron chi connectivity index (χ2n) is 11.2. The second-order valence-corrected chi connectivity index (χ2v) is 11.2. The molecule has 1 aliphatic heterocycles. The first kappa shape index (κ1) is 39.7. The van der Waals surface area contributed by atoms with Crippen molar-refractivity contribution in [3.05, 3.63) is 35.9 Å². The summed E-state index contributed by atoms with van der Waals surface area (Å²) in [6.45, 7) is 16.3. The third-order valence-electron chi connectivity index (χ3n) is 7.30. The first-order valence-corrected chi connectivity index (χ1v) is 13.7. The van der Waals surface area contributed by atoms with Crippen molar-refractivity contribution in [3.63, 3.8) is 0 Å². The smallest absolute Gasteiger partial charge is 0.217 e. The Bertz CT molecular complexity index is 667. The number of amides is 1. The Kier molecular flexibility index (Phi) is 25.0. The standard InChI is InChI=1S/C13H26.C8H16N2O.C7H8.C2H6O.C2H2.CH4/c1-6-11(7-2)12-8-10(3)9-13(12,4)5;1-10-4-2-3-7(6-10)5-8(9)11;1-7-5-3-2-4-6-7;1-3-2;1-2;/h10-12H,6-9H2,1-5H3;7H,2-6H2,1H3,(H2,9,11);2-6H,1H3;1-2H3;1-2H;1H4. The van der Waals surface area contributed by atoms with Crippen LogP contribution in [0.4, 0.5) is 0 Å². The molecule has 1 amide bonds. The molecule has 4 heteroatoms. The first-order valence-electron chi connectivity index (χ1n) is 13.7. The Balaban J connectivity index is -0.000000437. The van der Waals surface area contributed by atoms with Gasteiger partial charge < -0.3 is 15.4 Å². The number of piperidine rings is 1. The largest absolute Gasteiger partial charge is 0.388 e. The minimum absolute atomic E-state index is 0. The minimum Gasteiger partial charge on any atom is -0.388 e. The molecular weight excluding hydrogens is 456 g/mol. The summed E-state index contributed by atoms with van der Waals surface area (Å²) in [5.74, 6) is 3.26. The number of terminal acetylenes is 1. The van der Waals surface area contributed by atoms with Crippen LogP contribution < -0.4 is 5.73 Å². The molecule has 3 atom stereocenters. The number of nitrogens with zero attached hydrogens (tertiary/aromatic N) is 1. The molecule has 3 rings (SSSR count). The van der Waals surface area contributed by atoms with E-state index in [0.29, 0.717) is 17.8 Å². The van der Waals surface area contributed by atoms with Gasteiger partial charge in [-0.05, 0) is 75.3 Å². The number of aryl methyl sites for hydroxylation is 1. The van der Waals surface area contributed by atoms with E-state index in [9.17, 15) is 4.79 Å². The van der Waals surface area contributed by atoms with Gasteiger partial charge in [0.1, 0.15) is 0 Å². The average Bonchev–Trinajstić information content (AvgIpc) is 3.09. The number of likely N-dealkylation sites (tertiary alicyclic amines) is 1. The molecule has 1 heterocycles. The maximum atomic E-state index is 10.6. The van der Waals surface area contributed by atoms with Gasteiger partial charge in [-0.3, -0.25) is 4.79 Å². The van der Waals surface area contributed by atoms with E-state index in [1.807, 2.05) is 18.2 Å². The number of benzene rings is 1. The molecular formula is C33H62N2O2. The van der Waals surface area contributed by atoms with Crippen LogP contribution in [0, 0.1) is 48.9 Å². The van der Waals surface area contributed by atoms with Crippen LogP contribution in [0.5, 0.6) is 0 Å². The molecule has 1 aromatic rings. The van der Waals surface area contributed by atoms with Crippen LogP contribution in [-0.4, -0.2) is 45.2 Å². The number of carbonyl (C=O) groups excluding carboxylic acids is 1. The summed E-state index contributed by atoms with van der Waals surface area (Å²) in [5.41, 5.74) is 7.04. The number of primary amides is 1. The monoisotopic (exact) mass is 518 g/mol. The molecule has 37 heavy (non-hydrogen) atoms. The van der Waals surface area contributed by atoms with E-state index in [-0.39, 0.29) is 13.3 Å². The lowest BCUT2D eigenvalue weighted by atomic mass is 9.72. The highest BCUT2D eigenvalue weighted by Gasteiger charge is 2.41. The van der Waals surface area contributed by atoms with Crippen LogP contribution >= 0.6 is 0 Å². The third kappa shape index (κ3) is 19.0. The lowest BCUT2D eigenvalue weighted by Crippen LogP contribution is -2.34. The topological polar surface area (TPSA) is 55.6 Å². The Labute approximate surface area is 232 Å². The predicted molar refractivity (Wildman–Crippen MR) is 165 cm³/mol. The molecule has 1 saturated carbocycles. The van der Waals surface area contributed by atoms with Crippen molar-refractivity contribution < 1.29 is 9.53 Å². The number of methoxy groups -OCH3 is 1. The molecule has 2 N–H and O–H groups in total. The molecule has 4 nitrogen and oxygen atoms in total. The SMILES string of the molecule is C.C#C.CCC(CC)C1CC(C)CC1(C)C.CN1CCCC(CC(N)=O)C1.COC.Cc1ccccc1. The lowest BCUT2D eigenvalue weighted by molar-refractivity contribution is -0.119. The summed E-state index contributed by atoms with van der Waals surface area (Å²) in [7, 11) is 5.34. The van der Waals surface area contributed by atoms with E-state index in [1.165, 1.54) is 37.7 Å². The van der Waals surface area contributed by atoms with Gasteiger partial charge in [-0.2, -0.15) is 0 Å². The van der Waals surface area contributed by atoms with E-state index in [4.69, 9.17) is 5.73 Å². The van der Waals surface area contributed by atoms with Gasteiger partial charge in [-0.1, -0.05) is 90.8 Å². The van der Waals surface area contributed by atoms with Crippen LogP contribution in [0.15, 0.2) is 30.3 Å². The second kappa shape index (κ2) is 23.3. The maximum Gasteiger partial charge on any atom is 0.217 e.